The van der Waals surface area contributed by atoms with Crippen LogP contribution in [-0.4, -0.2) is 10.0 Å². The summed E-state index contributed by atoms with van der Waals surface area (Å²) >= 11 is 5.96. The van der Waals surface area contributed by atoms with Crippen LogP contribution in [0.2, 0.25) is 5.02 Å². The van der Waals surface area contributed by atoms with Gasteiger partial charge in [0.2, 0.25) is 0 Å². The van der Waals surface area contributed by atoms with Crippen LogP contribution in [0.15, 0.2) is 36.4 Å². The fourth-order valence-corrected chi connectivity index (χ4v) is 2.29. The maximum absolute atomic E-state index is 13.0. The predicted octanol–water partition coefficient (Wildman–Crippen LogP) is 4.27. The molecule has 0 aromatic heterocycles. The third-order valence-corrected chi connectivity index (χ3v) is 3.31. The first-order valence-corrected chi connectivity index (χ1v) is 6.45. The summed E-state index contributed by atoms with van der Waals surface area (Å²) in [5.74, 6) is -0.647. The summed E-state index contributed by atoms with van der Waals surface area (Å²) in [6, 6.07) is 7.39. The number of rotatable bonds is 4. The highest BCUT2D eigenvalue weighted by Gasteiger charge is 2.18. The monoisotopic (exact) mass is 310 g/mol. The summed E-state index contributed by atoms with van der Waals surface area (Å²) in [6.45, 7) is 1.75. The van der Waals surface area contributed by atoms with Gasteiger partial charge in [-0.3, -0.25) is 10.1 Å². The molecule has 21 heavy (non-hydrogen) atoms. The van der Waals surface area contributed by atoms with E-state index in [0.717, 1.165) is 6.07 Å². The van der Waals surface area contributed by atoms with Crippen LogP contribution in [0.1, 0.15) is 18.5 Å². The van der Waals surface area contributed by atoms with Gasteiger partial charge in [-0.15, -0.1) is 0 Å². The van der Waals surface area contributed by atoms with Crippen molar-refractivity contribution >= 4 is 23.0 Å². The topological polar surface area (TPSA) is 75.4 Å². The fourth-order valence-electron chi connectivity index (χ4n) is 1.96. The zero-order chi connectivity index (χ0) is 15.6. The van der Waals surface area contributed by atoms with Gasteiger partial charge in [0.25, 0.3) is 5.69 Å². The Balaban J connectivity index is 2.31. The summed E-state index contributed by atoms with van der Waals surface area (Å²) in [4.78, 5) is 10.4. The lowest BCUT2D eigenvalue weighted by atomic mass is 10.1. The molecule has 7 heteroatoms. The Morgan fingerprint density at radius 2 is 2.05 bits per heavy atom. The molecule has 0 aliphatic carbocycles. The number of nitrogens with one attached hydrogen (secondary N) is 1. The SMILES string of the molecule is CC(Nc1ccc(O)cc1[N+](=O)[O-])c1ccc(F)cc1Cl. The largest absolute Gasteiger partial charge is 0.508 e. The Kier molecular flexibility index (Phi) is 4.28. The Bertz CT molecular complexity index is 694. The highest BCUT2D eigenvalue weighted by molar-refractivity contribution is 6.31. The molecule has 0 amide bonds. The summed E-state index contributed by atoms with van der Waals surface area (Å²) in [5.41, 5.74) is 0.603. The number of phenolic OH excluding ortho intramolecular Hbond substituents is 1. The summed E-state index contributed by atoms with van der Waals surface area (Å²) in [7, 11) is 0. The maximum Gasteiger partial charge on any atom is 0.296 e. The third-order valence-electron chi connectivity index (χ3n) is 2.98. The van der Waals surface area contributed by atoms with Gasteiger partial charge in [-0.25, -0.2) is 4.39 Å². The van der Waals surface area contributed by atoms with Gasteiger partial charge in [-0.2, -0.15) is 0 Å². The van der Waals surface area contributed by atoms with Crippen LogP contribution in [-0.2, 0) is 0 Å². The quantitative estimate of drug-likeness (QED) is 0.502. The molecule has 5 nitrogen and oxygen atoms in total. The van der Waals surface area contributed by atoms with Gasteiger partial charge in [-0.1, -0.05) is 17.7 Å². The van der Waals surface area contributed by atoms with Crippen molar-refractivity contribution in [2.24, 2.45) is 0 Å². The number of nitro benzene ring substituents is 1. The van der Waals surface area contributed by atoms with Gasteiger partial charge in [0.1, 0.15) is 17.3 Å². The van der Waals surface area contributed by atoms with E-state index in [1.54, 1.807) is 6.92 Å². The highest BCUT2D eigenvalue weighted by atomic mass is 35.5. The molecule has 0 aliphatic rings. The molecule has 0 spiro atoms. The second-order valence-electron chi connectivity index (χ2n) is 4.49. The van der Waals surface area contributed by atoms with Crippen LogP contribution in [0.25, 0.3) is 0 Å². The van der Waals surface area contributed by atoms with E-state index in [0.29, 0.717) is 5.56 Å². The van der Waals surface area contributed by atoms with E-state index in [2.05, 4.69) is 5.32 Å². The summed E-state index contributed by atoms with van der Waals surface area (Å²) in [6.07, 6.45) is 0. The minimum Gasteiger partial charge on any atom is -0.508 e. The Morgan fingerprint density at radius 3 is 2.67 bits per heavy atom. The number of benzene rings is 2. The van der Waals surface area contributed by atoms with Crippen LogP contribution in [0.5, 0.6) is 5.75 Å². The Hall–Kier alpha value is -2.34. The first kappa shape index (κ1) is 15.1. The number of aromatic hydroxyl groups is 1. The normalized spacial score (nSPS) is 12.0. The maximum atomic E-state index is 13.0. The van der Waals surface area contributed by atoms with Crippen LogP contribution in [0, 0.1) is 15.9 Å². The average Bonchev–Trinajstić information content (AvgIpc) is 2.40. The second-order valence-corrected chi connectivity index (χ2v) is 4.90. The molecular weight excluding hydrogens is 299 g/mol. The Labute approximate surface area is 125 Å². The third kappa shape index (κ3) is 3.41. The molecule has 2 aromatic carbocycles. The van der Waals surface area contributed by atoms with Gasteiger partial charge in [-0.05, 0) is 36.8 Å². The number of halogens is 2. The molecule has 1 atom stereocenters. The highest BCUT2D eigenvalue weighted by Crippen LogP contribution is 2.33. The minimum atomic E-state index is -0.596. The Morgan fingerprint density at radius 1 is 1.33 bits per heavy atom. The number of nitro groups is 1. The molecule has 2 rings (SSSR count). The minimum absolute atomic E-state index is 0.195. The van der Waals surface area contributed by atoms with Crippen LogP contribution in [0.3, 0.4) is 0 Å². The summed E-state index contributed by atoms with van der Waals surface area (Å²) in [5, 5.41) is 23.5. The van der Waals surface area contributed by atoms with Crippen molar-refractivity contribution in [3.63, 3.8) is 0 Å². The molecule has 0 saturated carbocycles. The molecule has 0 radical (unpaired) electrons. The molecule has 0 bridgehead atoms. The molecule has 2 aromatic rings. The number of hydrogen-bond donors (Lipinski definition) is 2. The van der Waals surface area contributed by atoms with E-state index < -0.39 is 10.7 Å². The lowest BCUT2D eigenvalue weighted by Gasteiger charge is -2.17. The fraction of sp³-hybridized carbons (Fsp3) is 0.143. The number of anilines is 1. The van der Waals surface area contributed by atoms with Crippen LogP contribution < -0.4 is 5.32 Å². The molecule has 0 fully saturated rings. The van der Waals surface area contributed by atoms with Crippen LogP contribution >= 0.6 is 11.6 Å². The van der Waals surface area contributed by atoms with Gasteiger partial charge in [0, 0.05) is 5.02 Å². The van der Waals surface area contributed by atoms with E-state index >= 15 is 0 Å². The average molecular weight is 311 g/mol. The molecule has 2 N–H and O–H groups in total. The van der Waals surface area contributed by atoms with Gasteiger partial charge >= 0.3 is 0 Å². The van der Waals surface area contributed by atoms with Crippen LogP contribution in [0.4, 0.5) is 15.8 Å². The molecule has 0 heterocycles. The van der Waals surface area contributed by atoms with Crippen molar-refractivity contribution < 1.29 is 14.4 Å². The second kappa shape index (κ2) is 5.97. The van der Waals surface area contributed by atoms with Crippen molar-refractivity contribution in [3.05, 3.63) is 62.9 Å². The van der Waals surface area contributed by atoms with E-state index in [1.807, 2.05) is 0 Å². The number of hydrogen-bond acceptors (Lipinski definition) is 4. The zero-order valence-electron chi connectivity index (χ0n) is 11.0. The van der Waals surface area contributed by atoms with Crippen molar-refractivity contribution in [1.29, 1.82) is 0 Å². The standard InChI is InChI=1S/C14H12ClFN2O3/c1-8(11-4-2-9(16)6-12(11)15)17-13-5-3-10(19)7-14(13)18(20)21/h2-8,17,19H,1H3. The van der Waals surface area contributed by atoms with Gasteiger partial charge in [0.05, 0.1) is 17.0 Å². The molecule has 110 valence electrons. The number of nitrogens with zero attached hydrogens (tertiary/aromatic N) is 1. The molecule has 1 unspecified atom stereocenters. The van der Waals surface area contributed by atoms with Crippen molar-refractivity contribution in [2.45, 2.75) is 13.0 Å². The van der Waals surface area contributed by atoms with Crippen molar-refractivity contribution in [3.8, 4) is 5.75 Å². The lowest BCUT2D eigenvalue weighted by Crippen LogP contribution is -2.09. The first-order chi connectivity index (χ1) is 9.88. The van der Waals surface area contributed by atoms with Crippen molar-refractivity contribution in [2.75, 3.05) is 5.32 Å². The first-order valence-electron chi connectivity index (χ1n) is 6.07. The molecular formula is C14H12ClFN2O3. The van der Waals surface area contributed by atoms with Crippen molar-refractivity contribution in [1.82, 2.24) is 0 Å². The zero-order valence-corrected chi connectivity index (χ0v) is 11.8. The number of phenols is 1. The van der Waals surface area contributed by atoms with E-state index in [4.69, 9.17) is 11.6 Å². The van der Waals surface area contributed by atoms with E-state index in [1.165, 1.54) is 30.3 Å². The van der Waals surface area contributed by atoms with E-state index in [9.17, 15) is 19.6 Å². The molecule has 0 aliphatic heterocycles. The van der Waals surface area contributed by atoms with Gasteiger partial charge in [0.15, 0.2) is 0 Å². The van der Waals surface area contributed by atoms with Gasteiger partial charge < -0.3 is 10.4 Å². The lowest BCUT2D eigenvalue weighted by molar-refractivity contribution is -0.384. The van der Waals surface area contributed by atoms with E-state index in [-0.39, 0.29) is 28.2 Å². The predicted molar refractivity (Wildman–Crippen MR) is 78.2 cm³/mol. The smallest absolute Gasteiger partial charge is 0.296 e. The molecule has 0 saturated heterocycles. The summed E-state index contributed by atoms with van der Waals surface area (Å²) < 4.78 is 13.0.